The summed E-state index contributed by atoms with van der Waals surface area (Å²) >= 11 is 1.78. The van der Waals surface area contributed by atoms with Crippen LogP contribution in [0.15, 0.2) is 16.8 Å². The summed E-state index contributed by atoms with van der Waals surface area (Å²) in [6.07, 6.45) is 1.23. The number of piperazine rings is 1. The van der Waals surface area contributed by atoms with Gasteiger partial charge in [0.1, 0.15) is 0 Å². The molecule has 1 unspecified atom stereocenters. The van der Waals surface area contributed by atoms with Gasteiger partial charge in [-0.1, -0.05) is 6.92 Å². The lowest BCUT2D eigenvalue weighted by molar-refractivity contribution is 0.467. The third kappa shape index (κ3) is 1.86. The van der Waals surface area contributed by atoms with E-state index < -0.39 is 0 Å². The van der Waals surface area contributed by atoms with Crippen molar-refractivity contribution in [1.29, 1.82) is 0 Å². The molecule has 72 valence electrons. The maximum atomic E-state index is 3.44. The molecule has 1 atom stereocenters. The van der Waals surface area contributed by atoms with Crippen molar-refractivity contribution in [3.63, 3.8) is 0 Å². The molecule has 3 heteroatoms. The van der Waals surface area contributed by atoms with E-state index >= 15 is 0 Å². The van der Waals surface area contributed by atoms with E-state index in [1.807, 2.05) is 0 Å². The first-order chi connectivity index (χ1) is 6.42. The van der Waals surface area contributed by atoms with Gasteiger partial charge in [-0.05, 0) is 17.9 Å². The number of hydrogen-bond donors (Lipinski definition) is 1. The number of anilines is 1. The van der Waals surface area contributed by atoms with Gasteiger partial charge < -0.3 is 10.2 Å². The van der Waals surface area contributed by atoms with Gasteiger partial charge in [0.15, 0.2) is 0 Å². The molecule has 1 saturated heterocycles. The summed E-state index contributed by atoms with van der Waals surface area (Å²) in [6, 6.07) is 2.90. The van der Waals surface area contributed by atoms with Crippen molar-refractivity contribution in [2.24, 2.45) is 0 Å². The van der Waals surface area contributed by atoms with Gasteiger partial charge in [-0.15, -0.1) is 0 Å². The monoisotopic (exact) mass is 196 g/mol. The maximum Gasteiger partial charge on any atom is 0.0478 e. The number of nitrogens with zero attached hydrogens (tertiary/aromatic N) is 1. The SMILES string of the molecule is CCC1CNCCN1c1ccsc1. The van der Waals surface area contributed by atoms with Crippen LogP contribution >= 0.6 is 11.3 Å². The van der Waals surface area contributed by atoms with Gasteiger partial charge in [-0.3, -0.25) is 0 Å². The van der Waals surface area contributed by atoms with Crippen molar-refractivity contribution >= 4 is 17.0 Å². The van der Waals surface area contributed by atoms with Crippen molar-refractivity contribution in [2.45, 2.75) is 19.4 Å². The van der Waals surface area contributed by atoms with Crippen molar-refractivity contribution < 1.29 is 0 Å². The molecule has 2 rings (SSSR count). The minimum absolute atomic E-state index is 0.684. The van der Waals surface area contributed by atoms with Gasteiger partial charge in [0.25, 0.3) is 0 Å². The van der Waals surface area contributed by atoms with Gasteiger partial charge in [0.05, 0.1) is 0 Å². The smallest absolute Gasteiger partial charge is 0.0478 e. The highest BCUT2D eigenvalue weighted by Crippen LogP contribution is 2.22. The van der Waals surface area contributed by atoms with Crippen LogP contribution in [0.3, 0.4) is 0 Å². The van der Waals surface area contributed by atoms with E-state index in [1.165, 1.54) is 12.1 Å². The van der Waals surface area contributed by atoms with Crippen LogP contribution in [0.4, 0.5) is 5.69 Å². The van der Waals surface area contributed by atoms with Gasteiger partial charge >= 0.3 is 0 Å². The molecule has 1 aliphatic heterocycles. The second kappa shape index (κ2) is 4.11. The zero-order valence-corrected chi connectivity index (χ0v) is 8.81. The largest absolute Gasteiger partial charge is 0.365 e. The zero-order valence-electron chi connectivity index (χ0n) is 7.99. The molecule has 0 saturated carbocycles. The fourth-order valence-corrected chi connectivity index (χ4v) is 2.54. The fraction of sp³-hybridized carbons (Fsp3) is 0.600. The molecule has 1 aliphatic rings. The Labute approximate surface area is 83.6 Å². The molecule has 1 aromatic rings. The second-order valence-electron chi connectivity index (χ2n) is 3.44. The average Bonchev–Trinajstić information content (AvgIpc) is 2.70. The summed E-state index contributed by atoms with van der Waals surface area (Å²) in [4.78, 5) is 2.52. The maximum absolute atomic E-state index is 3.44. The van der Waals surface area contributed by atoms with E-state index in [0.717, 1.165) is 19.6 Å². The van der Waals surface area contributed by atoms with Crippen LogP contribution in [0.1, 0.15) is 13.3 Å². The standard InChI is InChI=1S/C10H16N2S/c1-2-9-7-11-4-5-12(9)10-3-6-13-8-10/h3,6,8-9,11H,2,4-5,7H2,1H3. The molecule has 1 aromatic heterocycles. The quantitative estimate of drug-likeness (QED) is 0.777. The molecule has 0 amide bonds. The van der Waals surface area contributed by atoms with E-state index in [2.05, 4.69) is 34.0 Å². The van der Waals surface area contributed by atoms with Gasteiger partial charge in [-0.2, -0.15) is 11.3 Å². The van der Waals surface area contributed by atoms with Crippen LogP contribution in [-0.4, -0.2) is 25.7 Å². The van der Waals surface area contributed by atoms with Crippen LogP contribution in [0.25, 0.3) is 0 Å². The van der Waals surface area contributed by atoms with E-state index in [9.17, 15) is 0 Å². The number of thiophene rings is 1. The molecule has 0 spiro atoms. The first-order valence-electron chi connectivity index (χ1n) is 4.91. The van der Waals surface area contributed by atoms with Crippen LogP contribution in [0.2, 0.25) is 0 Å². The molecular weight excluding hydrogens is 180 g/mol. The molecule has 0 bridgehead atoms. The van der Waals surface area contributed by atoms with Crippen molar-refractivity contribution in [1.82, 2.24) is 5.32 Å². The van der Waals surface area contributed by atoms with Gasteiger partial charge in [0.2, 0.25) is 0 Å². The first-order valence-corrected chi connectivity index (χ1v) is 5.85. The van der Waals surface area contributed by atoms with E-state index in [0.29, 0.717) is 6.04 Å². The Morgan fingerprint density at radius 2 is 2.62 bits per heavy atom. The third-order valence-corrected chi connectivity index (χ3v) is 3.33. The molecule has 2 heterocycles. The Balaban J connectivity index is 2.11. The van der Waals surface area contributed by atoms with Crippen molar-refractivity contribution in [3.05, 3.63) is 16.8 Å². The van der Waals surface area contributed by atoms with Crippen LogP contribution in [0.5, 0.6) is 0 Å². The lowest BCUT2D eigenvalue weighted by atomic mass is 10.1. The van der Waals surface area contributed by atoms with E-state index in [1.54, 1.807) is 11.3 Å². The summed E-state index contributed by atoms with van der Waals surface area (Å²) in [5.74, 6) is 0. The minimum atomic E-state index is 0.684. The highest BCUT2D eigenvalue weighted by Gasteiger charge is 2.20. The molecule has 1 N–H and O–H groups in total. The Kier molecular flexibility index (Phi) is 2.86. The molecule has 2 nitrogen and oxygen atoms in total. The van der Waals surface area contributed by atoms with Crippen LogP contribution < -0.4 is 10.2 Å². The lowest BCUT2D eigenvalue weighted by Gasteiger charge is -2.36. The fourth-order valence-electron chi connectivity index (χ4n) is 1.89. The average molecular weight is 196 g/mol. The normalized spacial score (nSPS) is 23.5. The Morgan fingerprint density at radius 1 is 1.69 bits per heavy atom. The van der Waals surface area contributed by atoms with Crippen molar-refractivity contribution in [2.75, 3.05) is 24.5 Å². The zero-order chi connectivity index (χ0) is 9.10. The summed E-state index contributed by atoms with van der Waals surface area (Å²) in [7, 11) is 0. The predicted octanol–water partition coefficient (Wildman–Crippen LogP) is 1.94. The van der Waals surface area contributed by atoms with E-state index in [4.69, 9.17) is 0 Å². The van der Waals surface area contributed by atoms with Gasteiger partial charge in [0, 0.05) is 36.7 Å². The number of hydrogen-bond acceptors (Lipinski definition) is 3. The van der Waals surface area contributed by atoms with Crippen molar-refractivity contribution in [3.8, 4) is 0 Å². The summed E-state index contributed by atoms with van der Waals surface area (Å²) < 4.78 is 0. The number of nitrogens with one attached hydrogen (secondary N) is 1. The topological polar surface area (TPSA) is 15.3 Å². The Bertz CT molecular complexity index is 245. The highest BCUT2D eigenvalue weighted by molar-refractivity contribution is 7.08. The molecular formula is C10H16N2S. The molecule has 0 aromatic carbocycles. The first kappa shape index (κ1) is 9.03. The molecule has 13 heavy (non-hydrogen) atoms. The van der Waals surface area contributed by atoms with Gasteiger partial charge in [-0.25, -0.2) is 0 Å². The summed E-state index contributed by atoms with van der Waals surface area (Å²) in [5.41, 5.74) is 1.40. The highest BCUT2D eigenvalue weighted by atomic mass is 32.1. The summed E-state index contributed by atoms with van der Waals surface area (Å²) in [6.45, 7) is 5.66. The van der Waals surface area contributed by atoms with E-state index in [-0.39, 0.29) is 0 Å². The molecule has 1 fully saturated rings. The minimum Gasteiger partial charge on any atom is -0.365 e. The lowest BCUT2D eigenvalue weighted by Crippen LogP contribution is -2.51. The van der Waals surface area contributed by atoms with Crippen LogP contribution in [0, 0.1) is 0 Å². The molecule has 0 radical (unpaired) electrons. The molecule has 0 aliphatic carbocycles. The summed E-state index contributed by atoms with van der Waals surface area (Å²) in [5, 5.41) is 7.84. The second-order valence-corrected chi connectivity index (χ2v) is 4.22. The number of rotatable bonds is 2. The Morgan fingerprint density at radius 3 is 3.31 bits per heavy atom. The Hall–Kier alpha value is -0.540. The third-order valence-electron chi connectivity index (χ3n) is 2.66. The predicted molar refractivity (Wildman–Crippen MR) is 58.6 cm³/mol. The van der Waals surface area contributed by atoms with Crippen LogP contribution in [-0.2, 0) is 0 Å².